The van der Waals surface area contributed by atoms with E-state index in [9.17, 15) is 24.5 Å². The van der Waals surface area contributed by atoms with Crippen LogP contribution >= 0.6 is 23.4 Å². The van der Waals surface area contributed by atoms with Gasteiger partial charge in [-0.2, -0.15) is 0 Å². The number of nitrogens with zero attached hydrogens (tertiary/aromatic N) is 2. The molecule has 0 aliphatic carbocycles. The summed E-state index contributed by atoms with van der Waals surface area (Å²) in [5.74, 6) is -1.16. The van der Waals surface area contributed by atoms with Crippen molar-refractivity contribution in [3.05, 3.63) is 68.1 Å². The highest BCUT2D eigenvalue weighted by atomic mass is 35.5. The maximum absolute atomic E-state index is 12.6. The first-order valence-corrected chi connectivity index (χ1v) is 9.61. The number of nitro benzene ring substituents is 1. The number of rotatable bonds is 6. The molecule has 0 aromatic heterocycles. The van der Waals surface area contributed by atoms with Crippen LogP contribution in [-0.2, 0) is 9.59 Å². The van der Waals surface area contributed by atoms with E-state index < -0.39 is 28.5 Å². The molecule has 0 atom stereocenters. The van der Waals surface area contributed by atoms with Gasteiger partial charge < -0.3 is 10.1 Å². The van der Waals surface area contributed by atoms with Crippen LogP contribution in [0.4, 0.5) is 16.2 Å². The van der Waals surface area contributed by atoms with Crippen LogP contribution in [0.2, 0.25) is 5.02 Å². The van der Waals surface area contributed by atoms with Gasteiger partial charge >= 0.3 is 5.69 Å². The van der Waals surface area contributed by atoms with E-state index in [0.717, 1.165) is 4.90 Å². The van der Waals surface area contributed by atoms with Gasteiger partial charge in [-0.1, -0.05) is 23.7 Å². The number of nitrogens with one attached hydrogen (secondary N) is 1. The van der Waals surface area contributed by atoms with Crippen molar-refractivity contribution in [1.29, 1.82) is 0 Å². The first kappa shape index (κ1) is 21.3. The van der Waals surface area contributed by atoms with Gasteiger partial charge in [0.05, 0.1) is 16.9 Å². The molecule has 1 aliphatic heterocycles. The molecule has 3 rings (SSSR count). The van der Waals surface area contributed by atoms with Gasteiger partial charge in [-0.05, 0) is 47.7 Å². The van der Waals surface area contributed by atoms with Crippen LogP contribution in [0.1, 0.15) is 5.56 Å². The van der Waals surface area contributed by atoms with Crippen molar-refractivity contribution in [1.82, 2.24) is 4.90 Å². The molecule has 0 saturated carbocycles. The van der Waals surface area contributed by atoms with Gasteiger partial charge in [0, 0.05) is 16.8 Å². The predicted molar refractivity (Wildman–Crippen MR) is 112 cm³/mol. The SMILES string of the molecule is COc1ccc(/C=C2/SC(=O)N(CC(=O)Nc3cccc(Cl)c3)C2=O)cc1[N+](=O)[O-]. The lowest BCUT2D eigenvalue weighted by molar-refractivity contribution is -0.385. The number of benzene rings is 2. The fourth-order valence-electron chi connectivity index (χ4n) is 2.64. The Morgan fingerprint density at radius 3 is 2.73 bits per heavy atom. The Bertz CT molecular complexity index is 1090. The van der Waals surface area contributed by atoms with Gasteiger partial charge in [0.25, 0.3) is 11.1 Å². The molecule has 1 saturated heterocycles. The smallest absolute Gasteiger partial charge is 0.311 e. The Morgan fingerprint density at radius 1 is 1.30 bits per heavy atom. The minimum absolute atomic E-state index is 0.0509. The van der Waals surface area contributed by atoms with Crippen LogP contribution in [0.3, 0.4) is 0 Å². The van der Waals surface area contributed by atoms with Crippen molar-refractivity contribution in [3.63, 3.8) is 0 Å². The molecular formula is C19H14ClN3O6S. The first-order valence-electron chi connectivity index (χ1n) is 8.41. The van der Waals surface area contributed by atoms with Crippen LogP contribution in [-0.4, -0.2) is 40.5 Å². The molecule has 1 N–H and O–H groups in total. The Kier molecular flexibility index (Phi) is 6.38. The number of ether oxygens (including phenoxy) is 1. The average molecular weight is 448 g/mol. The molecule has 11 heteroatoms. The molecule has 1 heterocycles. The fourth-order valence-corrected chi connectivity index (χ4v) is 3.67. The Balaban J connectivity index is 1.75. The second-order valence-corrected chi connectivity index (χ2v) is 7.44. The summed E-state index contributed by atoms with van der Waals surface area (Å²) in [7, 11) is 1.31. The Labute approximate surface area is 179 Å². The van der Waals surface area contributed by atoms with E-state index in [0.29, 0.717) is 28.0 Å². The van der Waals surface area contributed by atoms with E-state index in [2.05, 4.69) is 5.32 Å². The summed E-state index contributed by atoms with van der Waals surface area (Å²) in [5.41, 5.74) is 0.503. The number of hydrogen-bond acceptors (Lipinski definition) is 7. The minimum atomic E-state index is -0.662. The zero-order valence-corrected chi connectivity index (χ0v) is 17.0. The highest BCUT2D eigenvalue weighted by Gasteiger charge is 2.36. The molecule has 2 aromatic carbocycles. The normalized spacial score (nSPS) is 14.9. The van der Waals surface area contributed by atoms with Crippen LogP contribution in [0.15, 0.2) is 47.4 Å². The van der Waals surface area contributed by atoms with E-state index in [1.807, 2.05) is 0 Å². The fraction of sp³-hybridized carbons (Fsp3) is 0.105. The Hall–Kier alpha value is -3.37. The lowest BCUT2D eigenvalue weighted by atomic mass is 10.1. The highest BCUT2D eigenvalue weighted by molar-refractivity contribution is 8.18. The summed E-state index contributed by atoms with van der Waals surface area (Å²) in [6, 6.07) is 10.6. The maximum atomic E-state index is 12.6. The van der Waals surface area contributed by atoms with E-state index in [1.165, 1.54) is 37.5 Å². The number of hydrogen-bond donors (Lipinski definition) is 1. The third kappa shape index (κ3) is 4.78. The summed E-state index contributed by atoms with van der Waals surface area (Å²) >= 11 is 6.51. The average Bonchev–Trinajstić information content (AvgIpc) is 2.95. The van der Waals surface area contributed by atoms with E-state index in [-0.39, 0.29) is 16.3 Å². The Morgan fingerprint density at radius 2 is 2.07 bits per heavy atom. The summed E-state index contributed by atoms with van der Waals surface area (Å²) in [4.78, 5) is 48.4. The molecule has 2 aromatic rings. The van der Waals surface area contributed by atoms with E-state index >= 15 is 0 Å². The third-order valence-electron chi connectivity index (χ3n) is 3.98. The molecule has 0 unspecified atom stereocenters. The molecule has 0 spiro atoms. The summed E-state index contributed by atoms with van der Waals surface area (Å²) < 4.78 is 4.94. The van der Waals surface area contributed by atoms with Crippen molar-refractivity contribution in [3.8, 4) is 5.75 Å². The standard InChI is InChI=1S/C19H14ClN3O6S/c1-29-15-6-5-11(7-14(15)23(27)28)8-16-18(25)22(19(26)30-16)10-17(24)21-13-4-2-3-12(20)9-13/h2-9H,10H2,1H3,(H,21,24)/b16-8+. The van der Waals surface area contributed by atoms with Crippen molar-refractivity contribution in [2.75, 3.05) is 19.0 Å². The lowest BCUT2D eigenvalue weighted by Crippen LogP contribution is -2.36. The van der Waals surface area contributed by atoms with Gasteiger partial charge in [-0.25, -0.2) is 0 Å². The number of imide groups is 1. The number of amides is 3. The molecule has 1 aliphatic rings. The third-order valence-corrected chi connectivity index (χ3v) is 5.12. The molecule has 154 valence electrons. The van der Waals surface area contributed by atoms with Gasteiger partial charge in [-0.15, -0.1) is 0 Å². The van der Waals surface area contributed by atoms with Crippen LogP contribution in [0.25, 0.3) is 6.08 Å². The van der Waals surface area contributed by atoms with Gasteiger partial charge in [-0.3, -0.25) is 29.4 Å². The zero-order chi connectivity index (χ0) is 21.8. The quantitative estimate of drug-likeness (QED) is 0.404. The minimum Gasteiger partial charge on any atom is -0.490 e. The van der Waals surface area contributed by atoms with Gasteiger partial charge in [0.1, 0.15) is 6.54 Å². The number of anilines is 1. The number of carbonyl (C=O) groups is 3. The monoisotopic (exact) mass is 447 g/mol. The summed E-state index contributed by atoms with van der Waals surface area (Å²) in [6.45, 7) is -0.475. The number of nitro groups is 1. The highest BCUT2D eigenvalue weighted by Crippen LogP contribution is 2.34. The number of halogens is 1. The van der Waals surface area contributed by atoms with Crippen LogP contribution in [0.5, 0.6) is 5.75 Å². The molecule has 0 bridgehead atoms. The molecular weight excluding hydrogens is 434 g/mol. The topological polar surface area (TPSA) is 119 Å². The number of thioether (sulfide) groups is 1. The maximum Gasteiger partial charge on any atom is 0.311 e. The van der Waals surface area contributed by atoms with Crippen molar-refractivity contribution >= 4 is 57.9 Å². The summed E-state index contributed by atoms with van der Waals surface area (Å²) in [6.07, 6.45) is 1.35. The predicted octanol–water partition coefficient (Wildman–Crippen LogP) is 3.93. The lowest BCUT2D eigenvalue weighted by Gasteiger charge is -2.12. The van der Waals surface area contributed by atoms with Crippen molar-refractivity contribution < 1.29 is 24.0 Å². The number of carbonyl (C=O) groups excluding carboxylic acids is 3. The van der Waals surface area contributed by atoms with Gasteiger partial charge in [0.2, 0.25) is 5.91 Å². The molecule has 9 nitrogen and oxygen atoms in total. The van der Waals surface area contributed by atoms with Crippen molar-refractivity contribution in [2.24, 2.45) is 0 Å². The zero-order valence-electron chi connectivity index (χ0n) is 15.5. The second-order valence-electron chi connectivity index (χ2n) is 6.01. The molecule has 30 heavy (non-hydrogen) atoms. The van der Waals surface area contributed by atoms with Crippen LogP contribution in [0, 0.1) is 10.1 Å². The van der Waals surface area contributed by atoms with Crippen molar-refractivity contribution in [2.45, 2.75) is 0 Å². The van der Waals surface area contributed by atoms with E-state index in [1.54, 1.807) is 18.2 Å². The summed E-state index contributed by atoms with van der Waals surface area (Å²) in [5, 5.41) is 13.5. The second kappa shape index (κ2) is 8.97. The van der Waals surface area contributed by atoms with Crippen LogP contribution < -0.4 is 10.1 Å². The number of methoxy groups -OCH3 is 1. The largest absolute Gasteiger partial charge is 0.490 e. The molecule has 1 fully saturated rings. The molecule has 3 amide bonds. The van der Waals surface area contributed by atoms with E-state index in [4.69, 9.17) is 16.3 Å². The first-order chi connectivity index (χ1) is 14.3. The van der Waals surface area contributed by atoms with Gasteiger partial charge in [0.15, 0.2) is 5.75 Å². The molecule has 0 radical (unpaired) electrons.